The van der Waals surface area contributed by atoms with Crippen LogP contribution in [0.3, 0.4) is 0 Å². The van der Waals surface area contributed by atoms with Crippen LogP contribution >= 0.6 is 0 Å². The summed E-state index contributed by atoms with van der Waals surface area (Å²) in [6.45, 7) is 3.09. The van der Waals surface area contributed by atoms with E-state index < -0.39 is 0 Å². The lowest BCUT2D eigenvalue weighted by molar-refractivity contribution is 0.180. The van der Waals surface area contributed by atoms with Crippen LogP contribution in [0.5, 0.6) is 0 Å². The maximum atomic E-state index is 9.09. The van der Waals surface area contributed by atoms with Crippen LogP contribution in [-0.4, -0.2) is 38.5 Å². The molecule has 0 aliphatic heterocycles. The standard InChI is InChI=1S/C10H21NO2/c1-13-6-5-11-7-9-3-2-4-10(9)8-12/h9-12H,2-8H2,1H3. The van der Waals surface area contributed by atoms with E-state index in [4.69, 9.17) is 9.84 Å². The van der Waals surface area contributed by atoms with Crippen LogP contribution < -0.4 is 5.32 Å². The monoisotopic (exact) mass is 187 g/mol. The summed E-state index contributed by atoms with van der Waals surface area (Å²) in [5, 5.41) is 12.4. The molecule has 0 aromatic heterocycles. The molecule has 0 radical (unpaired) electrons. The zero-order valence-electron chi connectivity index (χ0n) is 8.46. The highest BCUT2D eigenvalue weighted by Crippen LogP contribution is 2.30. The first kappa shape index (κ1) is 11.0. The third-order valence-electron chi connectivity index (χ3n) is 2.94. The summed E-state index contributed by atoms with van der Waals surface area (Å²) in [6.07, 6.45) is 3.75. The Balaban J connectivity index is 2.06. The molecule has 1 rings (SSSR count). The summed E-state index contributed by atoms with van der Waals surface area (Å²) < 4.78 is 4.95. The first-order valence-electron chi connectivity index (χ1n) is 5.19. The topological polar surface area (TPSA) is 41.5 Å². The van der Waals surface area contributed by atoms with Crippen molar-refractivity contribution in [1.29, 1.82) is 0 Å². The second kappa shape index (κ2) is 6.35. The molecular formula is C10H21NO2. The molecule has 1 saturated carbocycles. The number of rotatable bonds is 6. The Morgan fingerprint density at radius 1 is 1.38 bits per heavy atom. The van der Waals surface area contributed by atoms with Crippen LogP contribution in [0.4, 0.5) is 0 Å². The first-order valence-corrected chi connectivity index (χ1v) is 5.19. The van der Waals surface area contributed by atoms with Crippen molar-refractivity contribution in [2.24, 2.45) is 11.8 Å². The van der Waals surface area contributed by atoms with Gasteiger partial charge in [0.05, 0.1) is 6.61 Å². The fourth-order valence-electron chi connectivity index (χ4n) is 2.08. The number of methoxy groups -OCH3 is 1. The third kappa shape index (κ3) is 3.63. The number of hydrogen-bond donors (Lipinski definition) is 2. The highest BCUT2D eigenvalue weighted by atomic mass is 16.5. The van der Waals surface area contributed by atoms with E-state index in [0.717, 1.165) is 19.7 Å². The number of aliphatic hydroxyl groups is 1. The van der Waals surface area contributed by atoms with Gasteiger partial charge in [-0.3, -0.25) is 0 Å². The molecule has 2 N–H and O–H groups in total. The predicted octanol–water partition coefficient (Wildman–Crippen LogP) is 0.631. The van der Waals surface area contributed by atoms with Crippen molar-refractivity contribution < 1.29 is 9.84 Å². The minimum atomic E-state index is 0.358. The Bertz CT molecular complexity index is 130. The van der Waals surface area contributed by atoms with Gasteiger partial charge >= 0.3 is 0 Å². The van der Waals surface area contributed by atoms with E-state index in [1.807, 2.05) is 0 Å². The molecule has 3 heteroatoms. The molecular weight excluding hydrogens is 166 g/mol. The first-order chi connectivity index (χ1) is 6.38. The maximum absolute atomic E-state index is 9.09. The van der Waals surface area contributed by atoms with E-state index in [9.17, 15) is 0 Å². The lowest BCUT2D eigenvalue weighted by Crippen LogP contribution is -2.29. The quantitative estimate of drug-likeness (QED) is 0.599. The zero-order valence-corrected chi connectivity index (χ0v) is 8.46. The van der Waals surface area contributed by atoms with Crippen LogP contribution in [-0.2, 0) is 4.74 Å². The molecule has 0 saturated heterocycles. The molecule has 0 heterocycles. The Kier molecular flexibility index (Phi) is 5.35. The zero-order chi connectivity index (χ0) is 9.52. The van der Waals surface area contributed by atoms with E-state index in [-0.39, 0.29) is 0 Å². The van der Waals surface area contributed by atoms with Gasteiger partial charge in [0.2, 0.25) is 0 Å². The van der Waals surface area contributed by atoms with Crippen LogP contribution in [0, 0.1) is 11.8 Å². The summed E-state index contributed by atoms with van der Waals surface area (Å²) in [7, 11) is 1.72. The molecule has 0 amide bonds. The van der Waals surface area contributed by atoms with Gasteiger partial charge in [0.25, 0.3) is 0 Å². The van der Waals surface area contributed by atoms with E-state index >= 15 is 0 Å². The second-order valence-electron chi connectivity index (χ2n) is 3.83. The summed E-state index contributed by atoms with van der Waals surface area (Å²) >= 11 is 0. The van der Waals surface area contributed by atoms with Crippen molar-refractivity contribution in [3.63, 3.8) is 0 Å². The van der Waals surface area contributed by atoms with Gasteiger partial charge < -0.3 is 15.2 Å². The van der Waals surface area contributed by atoms with Crippen LogP contribution in [0.1, 0.15) is 19.3 Å². The van der Waals surface area contributed by atoms with Gasteiger partial charge in [-0.25, -0.2) is 0 Å². The van der Waals surface area contributed by atoms with E-state index in [1.165, 1.54) is 19.3 Å². The normalized spacial score (nSPS) is 28.2. The number of ether oxygens (including phenoxy) is 1. The van der Waals surface area contributed by atoms with Crippen molar-refractivity contribution in [2.45, 2.75) is 19.3 Å². The van der Waals surface area contributed by atoms with E-state index in [2.05, 4.69) is 5.32 Å². The molecule has 3 nitrogen and oxygen atoms in total. The second-order valence-corrected chi connectivity index (χ2v) is 3.83. The summed E-state index contributed by atoms with van der Waals surface area (Å²) in [5.74, 6) is 1.22. The molecule has 1 fully saturated rings. The van der Waals surface area contributed by atoms with Crippen LogP contribution in [0.25, 0.3) is 0 Å². The summed E-state index contributed by atoms with van der Waals surface area (Å²) in [6, 6.07) is 0. The SMILES string of the molecule is COCCNCC1CCCC1CO. The lowest BCUT2D eigenvalue weighted by atomic mass is 9.97. The van der Waals surface area contributed by atoms with E-state index in [1.54, 1.807) is 7.11 Å². The van der Waals surface area contributed by atoms with Crippen molar-refractivity contribution in [3.05, 3.63) is 0 Å². The largest absolute Gasteiger partial charge is 0.396 e. The minimum absolute atomic E-state index is 0.358. The molecule has 78 valence electrons. The van der Waals surface area contributed by atoms with Crippen molar-refractivity contribution in [3.8, 4) is 0 Å². The number of hydrogen-bond acceptors (Lipinski definition) is 3. The fourth-order valence-corrected chi connectivity index (χ4v) is 2.08. The minimum Gasteiger partial charge on any atom is -0.396 e. The highest BCUT2D eigenvalue weighted by molar-refractivity contribution is 4.78. The van der Waals surface area contributed by atoms with Gasteiger partial charge in [-0.2, -0.15) is 0 Å². The van der Waals surface area contributed by atoms with Gasteiger partial charge in [0.15, 0.2) is 0 Å². The van der Waals surface area contributed by atoms with Crippen LogP contribution in [0.2, 0.25) is 0 Å². The van der Waals surface area contributed by atoms with Crippen molar-refractivity contribution in [2.75, 3.05) is 33.4 Å². The molecule has 1 aliphatic carbocycles. The smallest absolute Gasteiger partial charge is 0.0587 e. The Hall–Kier alpha value is -0.120. The van der Waals surface area contributed by atoms with Gasteiger partial charge in [-0.1, -0.05) is 6.42 Å². The average Bonchev–Trinajstić information content (AvgIpc) is 2.60. The lowest BCUT2D eigenvalue weighted by Gasteiger charge is -2.17. The summed E-state index contributed by atoms with van der Waals surface area (Å²) in [4.78, 5) is 0. The van der Waals surface area contributed by atoms with Gasteiger partial charge in [0.1, 0.15) is 0 Å². The van der Waals surface area contributed by atoms with Gasteiger partial charge in [-0.15, -0.1) is 0 Å². The molecule has 0 bridgehead atoms. The number of nitrogens with one attached hydrogen (secondary N) is 1. The molecule has 0 spiro atoms. The fraction of sp³-hybridized carbons (Fsp3) is 1.00. The van der Waals surface area contributed by atoms with Gasteiger partial charge in [-0.05, 0) is 31.2 Å². The van der Waals surface area contributed by atoms with E-state index in [0.29, 0.717) is 18.4 Å². The third-order valence-corrected chi connectivity index (χ3v) is 2.94. The maximum Gasteiger partial charge on any atom is 0.0587 e. The summed E-state index contributed by atoms with van der Waals surface area (Å²) in [5.41, 5.74) is 0. The Morgan fingerprint density at radius 2 is 2.15 bits per heavy atom. The van der Waals surface area contributed by atoms with Crippen LogP contribution in [0.15, 0.2) is 0 Å². The Morgan fingerprint density at radius 3 is 2.85 bits per heavy atom. The molecule has 0 aromatic rings. The molecule has 13 heavy (non-hydrogen) atoms. The van der Waals surface area contributed by atoms with Gasteiger partial charge in [0, 0.05) is 20.3 Å². The molecule has 2 atom stereocenters. The van der Waals surface area contributed by atoms with Crippen molar-refractivity contribution >= 4 is 0 Å². The molecule has 0 aromatic carbocycles. The van der Waals surface area contributed by atoms with Crippen molar-refractivity contribution in [1.82, 2.24) is 5.32 Å². The number of aliphatic hydroxyl groups excluding tert-OH is 1. The predicted molar refractivity (Wildman–Crippen MR) is 52.7 cm³/mol. The average molecular weight is 187 g/mol. The highest BCUT2D eigenvalue weighted by Gasteiger charge is 2.25. The molecule has 2 unspecified atom stereocenters. The Labute approximate surface area is 80.5 Å². The molecule has 1 aliphatic rings.